The van der Waals surface area contributed by atoms with Gasteiger partial charge < -0.3 is 4.84 Å². The summed E-state index contributed by atoms with van der Waals surface area (Å²) in [5.41, 5.74) is 3.04. The molecular formula is C17H12Cl2FN3O. The van der Waals surface area contributed by atoms with Gasteiger partial charge in [-0.25, -0.2) is 4.39 Å². The largest absolute Gasteiger partial charge is 0.391 e. The lowest BCUT2D eigenvalue weighted by Crippen LogP contribution is -1.90. The summed E-state index contributed by atoms with van der Waals surface area (Å²) < 4.78 is 13.0. The zero-order valence-corrected chi connectivity index (χ0v) is 13.9. The van der Waals surface area contributed by atoms with Gasteiger partial charge in [0, 0.05) is 26.7 Å². The normalized spacial score (nSPS) is 11.1. The van der Waals surface area contributed by atoms with Crippen LogP contribution in [0.4, 0.5) is 4.39 Å². The molecule has 3 aromatic rings. The van der Waals surface area contributed by atoms with Gasteiger partial charge in [0.1, 0.15) is 12.4 Å². The summed E-state index contributed by atoms with van der Waals surface area (Å²) in [5, 5.41) is 11.9. The SMILES string of the molecule is Fc1ccc(-c2[nH]ncc2/C=N/OCc2ccc(Cl)cc2Cl)cc1. The lowest BCUT2D eigenvalue weighted by Gasteiger charge is -2.03. The number of aromatic amines is 1. The molecule has 0 unspecified atom stereocenters. The van der Waals surface area contributed by atoms with E-state index in [1.807, 2.05) is 0 Å². The Hall–Kier alpha value is -2.37. The highest BCUT2D eigenvalue weighted by molar-refractivity contribution is 6.35. The highest BCUT2D eigenvalue weighted by Crippen LogP contribution is 2.22. The van der Waals surface area contributed by atoms with E-state index in [0.29, 0.717) is 10.0 Å². The number of hydrogen-bond acceptors (Lipinski definition) is 3. The molecule has 1 aromatic heterocycles. The third-order valence-electron chi connectivity index (χ3n) is 3.30. The zero-order chi connectivity index (χ0) is 16.9. The van der Waals surface area contributed by atoms with Gasteiger partial charge in [-0.15, -0.1) is 0 Å². The van der Waals surface area contributed by atoms with Crippen LogP contribution in [0.5, 0.6) is 0 Å². The van der Waals surface area contributed by atoms with E-state index >= 15 is 0 Å². The Kier molecular flexibility index (Phi) is 5.13. The fourth-order valence-corrected chi connectivity index (χ4v) is 2.54. The molecule has 24 heavy (non-hydrogen) atoms. The van der Waals surface area contributed by atoms with Crippen molar-refractivity contribution in [2.24, 2.45) is 5.16 Å². The third-order valence-corrected chi connectivity index (χ3v) is 3.89. The van der Waals surface area contributed by atoms with Crippen LogP contribution in [0, 0.1) is 5.82 Å². The minimum Gasteiger partial charge on any atom is -0.391 e. The van der Waals surface area contributed by atoms with Crippen LogP contribution < -0.4 is 0 Å². The lowest BCUT2D eigenvalue weighted by atomic mass is 10.1. The monoisotopic (exact) mass is 363 g/mol. The predicted octanol–water partition coefficient (Wildman–Crippen LogP) is 5.07. The summed E-state index contributed by atoms with van der Waals surface area (Å²) in [6.07, 6.45) is 3.15. The molecule has 0 aliphatic rings. The molecule has 0 aliphatic heterocycles. The second-order valence-corrected chi connectivity index (χ2v) is 5.79. The summed E-state index contributed by atoms with van der Waals surface area (Å²) in [4.78, 5) is 5.26. The summed E-state index contributed by atoms with van der Waals surface area (Å²) >= 11 is 11.9. The van der Waals surface area contributed by atoms with Crippen LogP contribution in [0.25, 0.3) is 11.3 Å². The van der Waals surface area contributed by atoms with Crippen LogP contribution in [0.3, 0.4) is 0 Å². The molecule has 0 bridgehead atoms. The summed E-state index contributed by atoms with van der Waals surface area (Å²) in [5.74, 6) is -0.295. The molecular weight excluding hydrogens is 352 g/mol. The highest BCUT2D eigenvalue weighted by atomic mass is 35.5. The molecule has 0 atom stereocenters. The van der Waals surface area contributed by atoms with Gasteiger partial charge in [-0.2, -0.15) is 5.10 Å². The number of nitrogens with one attached hydrogen (secondary N) is 1. The number of halogens is 3. The van der Waals surface area contributed by atoms with E-state index in [2.05, 4.69) is 15.4 Å². The summed E-state index contributed by atoms with van der Waals surface area (Å²) in [7, 11) is 0. The lowest BCUT2D eigenvalue weighted by molar-refractivity contribution is 0.132. The Bertz CT molecular complexity index is 863. The average molecular weight is 364 g/mol. The molecule has 0 amide bonds. The van der Waals surface area contributed by atoms with Crippen molar-refractivity contribution in [3.63, 3.8) is 0 Å². The molecule has 0 fully saturated rings. The number of hydrogen-bond donors (Lipinski definition) is 1. The predicted molar refractivity (Wildman–Crippen MR) is 92.8 cm³/mol. The van der Waals surface area contributed by atoms with Crippen molar-refractivity contribution < 1.29 is 9.23 Å². The van der Waals surface area contributed by atoms with Gasteiger partial charge in [-0.3, -0.25) is 5.10 Å². The quantitative estimate of drug-likeness (QED) is 0.507. The molecule has 0 saturated carbocycles. The maximum absolute atomic E-state index is 13.0. The second kappa shape index (κ2) is 7.47. The van der Waals surface area contributed by atoms with E-state index in [4.69, 9.17) is 28.0 Å². The molecule has 122 valence electrons. The first-order valence-electron chi connectivity index (χ1n) is 7.02. The van der Waals surface area contributed by atoms with E-state index in [-0.39, 0.29) is 12.4 Å². The van der Waals surface area contributed by atoms with Gasteiger partial charge in [0.05, 0.1) is 18.1 Å². The van der Waals surface area contributed by atoms with Crippen molar-refractivity contribution in [3.8, 4) is 11.3 Å². The van der Waals surface area contributed by atoms with E-state index in [9.17, 15) is 4.39 Å². The number of H-pyrrole nitrogens is 1. The summed E-state index contributed by atoms with van der Waals surface area (Å²) in [6, 6.07) is 11.3. The fourth-order valence-electron chi connectivity index (χ4n) is 2.08. The zero-order valence-electron chi connectivity index (χ0n) is 12.3. The first-order chi connectivity index (χ1) is 11.6. The van der Waals surface area contributed by atoms with E-state index in [1.54, 1.807) is 36.5 Å². The van der Waals surface area contributed by atoms with Crippen LogP contribution in [0.15, 0.2) is 53.8 Å². The fraction of sp³-hybridized carbons (Fsp3) is 0.0588. The van der Waals surface area contributed by atoms with Gasteiger partial charge in [-0.1, -0.05) is 34.4 Å². The van der Waals surface area contributed by atoms with Crippen LogP contribution in [-0.4, -0.2) is 16.4 Å². The van der Waals surface area contributed by atoms with Crippen LogP contribution in [0.1, 0.15) is 11.1 Å². The highest BCUT2D eigenvalue weighted by Gasteiger charge is 2.06. The molecule has 2 aromatic carbocycles. The molecule has 4 nitrogen and oxygen atoms in total. The van der Waals surface area contributed by atoms with Crippen LogP contribution >= 0.6 is 23.2 Å². The maximum Gasteiger partial charge on any atom is 0.143 e. The van der Waals surface area contributed by atoms with Crippen molar-refractivity contribution in [3.05, 3.63) is 75.7 Å². The van der Waals surface area contributed by atoms with E-state index < -0.39 is 0 Å². The first-order valence-corrected chi connectivity index (χ1v) is 7.77. The Morgan fingerprint density at radius 3 is 2.71 bits per heavy atom. The minimum absolute atomic E-state index is 0.218. The number of benzene rings is 2. The third kappa shape index (κ3) is 3.93. The van der Waals surface area contributed by atoms with E-state index in [1.165, 1.54) is 18.3 Å². The maximum atomic E-state index is 13.0. The van der Waals surface area contributed by atoms with Gasteiger partial charge >= 0.3 is 0 Å². The first kappa shape index (κ1) is 16.5. The van der Waals surface area contributed by atoms with Crippen molar-refractivity contribution >= 4 is 29.4 Å². The van der Waals surface area contributed by atoms with Crippen molar-refractivity contribution in [1.82, 2.24) is 10.2 Å². The number of aromatic nitrogens is 2. The smallest absolute Gasteiger partial charge is 0.143 e. The Balaban J connectivity index is 1.67. The van der Waals surface area contributed by atoms with Crippen molar-refractivity contribution in [2.45, 2.75) is 6.61 Å². The van der Waals surface area contributed by atoms with Gasteiger partial charge in [0.2, 0.25) is 0 Å². The summed E-state index contributed by atoms with van der Waals surface area (Å²) in [6.45, 7) is 0.218. The molecule has 1 N–H and O–H groups in total. The Labute approximate surface area is 147 Å². The van der Waals surface area contributed by atoms with E-state index in [0.717, 1.165) is 22.4 Å². The van der Waals surface area contributed by atoms with Crippen LogP contribution in [0.2, 0.25) is 10.0 Å². The topological polar surface area (TPSA) is 50.3 Å². The second-order valence-electron chi connectivity index (χ2n) is 4.95. The Morgan fingerprint density at radius 1 is 1.17 bits per heavy atom. The molecule has 0 spiro atoms. The molecule has 0 saturated heterocycles. The molecule has 0 radical (unpaired) electrons. The van der Waals surface area contributed by atoms with Crippen molar-refractivity contribution in [2.75, 3.05) is 0 Å². The van der Waals surface area contributed by atoms with Crippen LogP contribution in [-0.2, 0) is 11.4 Å². The standard InChI is InChI=1S/C17H12Cl2FN3O/c18-14-4-1-12(16(19)7-14)10-24-22-9-13-8-21-23-17(13)11-2-5-15(20)6-3-11/h1-9H,10H2,(H,21,23)/b22-9+. The molecule has 3 rings (SSSR count). The molecule has 0 aliphatic carbocycles. The van der Waals surface area contributed by atoms with Crippen molar-refractivity contribution in [1.29, 1.82) is 0 Å². The molecule has 7 heteroatoms. The van der Waals surface area contributed by atoms with Gasteiger partial charge in [-0.05, 0) is 36.4 Å². The van der Waals surface area contributed by atoms with Gasteiger partial charge in [0.25, 0.3) is 0 Å². The Morgan fingerprint density at radius 2 is 1.96 bits per heavy atom. The molecule has 1 heterocycles. The number of rotatable bonds is 5. The number of oxime groups is 1. The minimum atomic E-state index is -0.295. The number of nitrogens with zero attached hydrogens (tertiary/aromatic N) is 2. The van der Waals surface area contributed by atoms with Gasteiger partial charge in [0.15, 0.2) is 0 Å². The average Bonchev–Trinajstić information content (AvgIpc) is 3.02.